The molecule has 0 aliphatic rings. The fraction of sp³-hybridized carbons (Fsp3) is 0.250. The second-order valence-electron chi connectivity index (χ2n) is 5.12. The van der Waals surface area contributed by atoms with E-state index in [0.29, 0.717) is 0 Å². The Kier molecular flexibility index (Phi) is 5.56. The molecule has 0 spiro atoms. The van der Waals surface area contributed by atoms with Gasteiger partial charge in [-0.3, -0.25) is 0 Å². The van der Waals surface area contributed by atoms with Gasteiger partial charge in [-0.05, 0) is 23.6 Å². The maximum absolute atomic E-state index is 13.7. The molecule has 0 aromatic heterocycles. The molecule has 1 N–H and O–H groups in total. The molecular weight excluding hydrogens is 325 g/mol. The standard InChI is InChI=1S/C16H17ClFNO2S/c1-12(13-6-3-2-4-7-13)10-19-22(20,21)11-14-15(17)8-5-9-16(14)18/h2-9,12,19H,10-11H2,1H3/t12-/m0/s1. The van der Waals surface area contributed by atoms with Crippen LogP contribution in [0.1, 0.15) is 24.0 Å². The smallest absolute Gasteiger partial charge is 0.214 e. The van der Waals surface area contributed by atoms with Gasteiger partial charge in [-0.15, -0.1) is 0 Å². The van der Waals surface area contributed by atoms with Gasteiger partial charge in [-0.1, -0.05) is 54.9 Å². The van der Waals surface area contributed by atoms with Gasteiger partial charge in [0.2, 0.25) is 10.0 Å². The van der Waals surface area contributed by atoms with Crippen LogP contribution < -0.4 is 4.72 Å². The Morgan fingerprint density at radius 1 is 1.14 bits per heavy atom. The van der Waals surface area contributed by atoms with E-state index in [4.69, 9.17) is 11.6 Å². The summed E-state index contributed by atoms with van der Waals surface area (Å²) < 4.78 is 40.4. The van der Waals surface area contributed by atoms with E-state index in [9.17, 15) is 12.8 Å². The molecule has 3 nitrogen and oxygen atoms in total. The molecule has 0 aliphatic heterocycles. The van der Waals surface area contributed by atoms with Crippen molar-refractivity contribution in [2.45, 2.75) is 18.6 Å². The average Bonchev–Trinajstić information content (AvgIpc) is 2.50. The van der Waals surface area contributed by atoms with Crippen molar-refractivity contribution in [2.75, 3.05) is 6.54 Å². The minimum Gasteiger partial charge on any atom is -0.214 e. The SMILES string of the molecule is C[C@@H](CNS(=O)(=O)Cc1c(F)cccc1Cl)c1ccccc1. The molecule has 118 valence electrons. The molecular formula is C16H17ClFNO2S. The van der Waals surface area contributed by atoms with E-state index >= 15 is 0 Å². The molecule has 2 aromatic carbocycles. The zero-order valence-corrected chi connectivity index (χ0v) is 13.7. The Morgan fingerprint density at radius 2 is 1.82 bits per heavy atom. The molecule has 0 saturated carbocycles. The van der Waals surface area contributed by atoms with E-state index in [1.54, 1.807) is 0 Å². The third-order valence-electron chi connectivity index (χ3n) is 3.37. The van der Waals surface area contributed by atoms with E-state index in [-0.39, 0.29) is 23.0 Å². The monoisotopic (exact) mass is 341 g/mol. The molecule has 1 atom stereocenters. The van der Waals surface area contributed by atoms with E-state index in [2.05, 4.69) is 4.72 Å². The van der Waals surface area contributed by atoms with Gasteiger partial charge in [0, 0.05) is 17.1 Å². The summed E-state index contributed by atoms with van der Waals surface area (Å²) in [7, 11) is -3.66. The fourth-order valence-corrected chi connectivity index (χ4v) is 3.65. The highest BCUT2D eigenvalue weighted by Gasteiger charge is 2.18. The minimum absolute atomic E-state index is 0.0102. The molecule has 0 radical (unpaired) electrons. The molecule has 0 fully saturated rings. The first-order chi connectivity index (χ1) is 10.4. The zero-order chi connectivity index (χ0) is 16.2. The lowest BCUT2D eigenvalue weighted by Gasteiger charge is -2.14. The summed E-state index contributed by atoms with van der Waals surface area (Å²) in [6.07, 6.45) is 0. The topological polar surface area (TPSA) is 46.2 Å². The third kappa shape index (κ3) is 4.53. The summed E-state index contributed by atoms with van der Waals surface area (Å²) in [5.74, 6) is -1.07. The summed E-state index contributed by atoms with van der Waals surface area (Å²) in [4.78, 5) is 0. The van der Waals surface area contributed by atoms with Crippen molar-refractivity contribution >= 4 is 21.6 Å². The Hall–Kier alpha value is -1.43. The number of sulfonamides is 1. The lowest BCUT2D eigenvalue weighted by atomic mass is 10.0. The number of hydrogen-bond donors (Lipinski definition) is 1. The molecule has 0 bridgehead atoms. The molecule has 0 unspecified atom stereocenters. The van der Waals surface area contributed by atoms with Crippen molar-refractivity contribution in [3.63, 3.8) is 0 Å². The fourth-order valence-electron chi connectivity index (χ4n) is 2.06. The molecule has 6 heteroatoms. The molecule has 2 aromatic rings. The van der Waals surface area contributed by atoms with Crippen molar-refractivity contribution < 1.29 is 12.8 Å². The number of nitrogens with one attached hydrogen (secondary N) is 1. The highest BCUT2D eigenvalue weighted by Crippen LogP contribution is 2.21. The largest absolute Gasteiger partial charge is 0.215 e. The molecule has 0 aliphatic carbocycles. The van der Waals surface area contributed by atoms with Gasteiger partial charge >= 0.3 is 0 Å². The summed E-state index contributed by atoms with van der Waals surface area (Å²) in [6.45, 7) is 2.17. The second kappa shape index (κ2) is 7.22. The highest BCUT2D eigenvalue weighted by molar-refractivity contribution is 7.88. The first-order valence-corrected chi connectivity index (χ1v) is 8.87. The summed E-state index contributed by atoms with van der Waals surface area (Å²) in [6, 6.07) is 13.7. The predicted octanol–water partition coefficient (Wildman–Crippen LogP) is 3.70. The first-order valence-electron chi connectivity index (χ1n) is 6.84. The number of benzene rings is 2. The quantitative estimate of drug-likeness (QED) is 0.870. The Bertz CT molecular complexity index is 715. The molecule has 0 amide bonds. The van der Waals surface area contributed by atoms with Crippen molar-refractivity contribution in [1.82, 2.24) is 4.72 Å². The van der Waals surface area contributed by atoms with Gasteiger partial charge in [-0.2, -0.15) is 0 Å². The van der Waals surface area contributed by atoms with Crippen LogP contribution in [0, 0.1) is 5.82 Å². The Balaban J connectivity index is 2.03. The van der Waals surface area contributed by atoms with Gasteiger partial charge < -0.3 is 0 Å². The van der Waals surface area contributed by atoms with Crippen molar-refractivity contribution in [1.29, 1.82) is 0 Å². The van der Waals surface area contributed by atoms with Gasteiger partial charge in [0.25, 0.3) is 0 Å². The lowest BCUT2D eigenvalue weighted by molar-refractivity contribution is 0.569. The minimum atomic E-state index is -3.66. The van der Waals surface area contributed by atoms with Crippen molar-refractivity contribution in [3.8, 4) is 0 Å². The van der Waals surface area contributed by atoms with E-state index in [1.807, 2.05) is 37.3 Å². The normalized spacial score (nSPS) is 13.0. The lowest BCUT2D eigenvalue weighted by Crippen LogP contribution is -2.29. The van der Waals surface area contributed by atoms with Crippen LogP contribution in [0.25, 0.3) is 0 Å². The van der Waals surface area contributed by atoms with Crippen molar-refractivity contribution in [2.24, 2.45) is 0 Å². The van der Waals surface area contributed by atoms with Gasteiger partial charge in [0.15, 0.2) is 0 Å². The maximum Gasteiger partial charge on any atom is 0.215 e. The van der Waals surface area contributed by atoms with Gasteiger partial charge in [0.05, 0.1) is 5.75 Å². The van der Waals surface area contributed by atoms with Crippen LogP contribution >= 0.6 is 11.6 Å². The summed E-state index contributed by atoms with van der Waals surface area (Å²) in [5.41, 5.74) is 1.03. The van der Waals surface area contributed by atoms with Crippen LogP contribution in [-0.4, -0.2) is 15.0 Å². The highest BCUT2D eigenvalue weighted by atomic mass is 35.5. The number of hydrogen-bond acceptors (Lipinski definition) is 2. The zero-order valence-electron chi connectivity index (χ0n) is 12.1. The first kappa shape index (κ1) is 16.9. The van der Waals surface area contributed by atoms with Crippen LogP contribution in [-0.2, 0) is 15.8 Å². The van der Waals surface area contributed by atoms with Gasteiger partial charge in [0.1, 0.15) is 5.82 Å². The third-order valence-corrected chi connectivity index (χ3v) is 5.00. The average molecular weight is 342 g/mol. The van der Waals surface area contributed by atoms with Crippen LogP contribution in [0.3, 0.4) is 0 Å². The Morgan fingerprint density at radius 3 is 2.45 bits per heavy atom. The van der Waals surface area contributed by atoms with Gasteiger partial charge in [-0.25, -0.2) is 17.5 Å². The molecule has 0 heterocycles. The predicted molar refractivity (Wildman–Crippen MR) is 86.9 cm³/mol. The number of halogens is 2. The van der Waals surface area contributed by atoms with E-state index in [0.717, 1.165) is 5.56 Å². The second-order valence-corrected chi connectivity index (χ2v) is 7.33. The molecule has 0 saturated heterocycles. The Labute approximate surface area is 135 Å². The maximum atomic E-state index is 13.7. The summed E-state index contributed by atoms with van der Waals surface area (Å²) >= 11 is 5.86. The van der Waals surface area contributed by atoms with E-state index in [1.165, 1.54) is 18.2 Å². The van der Waals surface area contributed by atoms with Crippen LogP contribution in [0.15, 0.2) is 48.5 Å². The van der Waals surface area contributed by atoms with Crippen molar-refractivity contribution in [3.05, 3.63) is 70.5 Å². The van der Waals surface area contributed by atoms with E-state index < -0.39 is 21.6 Å². The molecule has 2 rings (SSSR count). The van der Waals surface area contributed by atoms with Crippen LogP contribution in [0.5, 0.6) is 0 Å². The summed E-state index contributed by atoms with van der Waals surface area (Å²) in [5, 5.41) is 0.112. The number of rotatable bonds is 6. The molecule has 22 heavy (non-hydrogen) atoms. The van der Waals surface area contributed by atoms with Crippen LogP contribution in [0.4, 0.5) is 4.39 Å². The van der Waals surface area contributed by atoms with Crippen LogP contribution in [0.2, 0.25) is 5.02 Å².